The molecule has 1 heterocycles. The Hall–Kier alpha value is -2.71. The minimum atomic E-state index is -0.516. The van der Waals surface area contributed by atoms with E-state index in [0.717, 1.165) is 0 Å². The lowest BCUT2D eigenvalue weighted by Gasteiger charge is -2.11. The Labute approximate surface area is 140 Å². The molecule has 0 spiro atoms. The van der Waals surface area contributed by atoms with E-state index in [9.17, 15) is 14.3 Å². The Kier molecular flexibility index (Phi) is 4.59. The van der Waals surface area contributed by atoms with E-state index in [1.54, 1.807) is 18.2 Å². The van der Waals surface area contributed by atoms with Crippen LogP contribution in [-0.2, 0) is 11.3 Å². The van der Waals surface area contributed by atoms with Gasteiger partial charge in [0.1, 0.15) is 17.1 Å². The van der Waals surface area contributed by atoms with E-state index in [2.05, 4.69) is 15.6 Å². The van der Waals surface area contributed by atoms with E-state index in [1.807, 2.05) is 0 Å². The first kappa shape index (κ1) is 16.2. The number of hydrogen-bond donors (Lipinski definition) is 3. The number of amides is 2. The van der Waals surface area contributed by atoms with Gasteiger partial charge in [0, 0.05) is 18.4 Å². The summed E-state index contributed by atoms with van der Waals surface area (Å²) in [5.41, 5.74) is 1.35. The molecule has 0 unspecified atom stereocenters. The van der Waals surface area contributed by atoms with Crippen molar-refractivity contribution in [3.8, 4) is 5.75 Å². The van der Waals surface area contributed by atoms with Gasteiger partial charge in [-0.05, 0) is 30.3 Å². The summed E-state index contributed by atoms with van der Waals surface area (Å²) >= 11 is 1.18. The van der Waals surface area contributed by atoms with Crippen molar-refractivity contribution in [2.75, 3.05) is 17.7 Å². The van der Waals surface area contributed by atoms with E-state index in [4.69, 9.17) is 4.74 Å². The predicted octanol–water partition coefficient (Wildman–Crippen LogP) is 3.93. The van der Waals surface area contributed by atoms with Gasteiger partial charge in [-0.15, -0.1) is 0 Å². The molecule has 124 valence electrons. The van der Waals surface area contributed by atoms with Crippen LogP contribution >= 0.6 is 11.3 Å². The lowest BCUT2D eigenvalue weighted by molar-refractivity contribution is 0.185. The highest BCUT2D eigenvalue weighted by Gasteiger charge is 2.12. The van der Waals surface area contributed by atoms with Crippen molar-refractivity contribution < 1.29 is 19.0 Å². The molecule has 0 fully saturated rings. The summed E-state index contributed by atoms with van der Waals surface area (Å²) < 4.78 is 19.3. The molecule has 2 aromatic carbocycles. The molecule has 0 radical (unpaired) electrons. The van der Waals surface area contributed by atoms with E-state index < -0.39 is 11.8 Å². The summed E-state index contributed by atoms with van der Waals surface area (Å²) in [6.07, 6.45) is 0. The average Bonchev–Trinajstić information content (AvgIpc) is 2.94. The predicted molar refractivity (Wildman–Crippen MR) is 91.0 cm³/mol. The van der Waals surface area contributed by atoms with Crippen molar-refractivity contribution in [3.63, 3.8) is 0 Å². The number of urea groups is 1. The third kappa shape index (κ3) is 3.44. The lowest BCUT2D eigenvalue weighted by Crippen LogP contribution is -2.20. The number of aromatic nitrogens is 1. The van der Waals surface area contributed by atoms with Crippen LogP contribution in [0.2, 0.25) is 0 Å². The van der Waals surface area contributed by atoms with Crippen molar-refractivity contribution in [2.24, 2.45) is 0 Å². The summed E-state index contributed by atoms with van der Waals surface area (Å²) in [4.78, 5) is 16.2. The molecule has 2 amide bonds. The van der Waals surface area contributed by atoms with Crippen LogP contribution in [0.5, 0.6) is 5.75 Å². The second kappa shape index (κ2) is 6.81. The van der Waals surface area contributed by atoms with Gasteiger partial charge in [-0.2, -0.15) is 0 Å². The zero-order valence-electron chi connectivity index (χ0n) is 12.7. The maximum atomic E-state index is 13.6. The van der Waals surface area contributed by atoms with Gasteiger partial charge in [0.05, 0.1) is 11.3 Å². The molecule has 0 aliphatic carbocycles. The number of anilines is 2. The Morgan fingerprint density at radius 1 is 1.33 bits per heavy atom. The van der Waals surface area contributed by atoms with Gasteiger partial charge < -0.3 is 15.2 Å². The van der Waals surface area contributed by atoms with E-state index >= 15 is 0 Å². The fourth-order valence-corrected chi connectivity index (χ4v) is 3.07. The molecule has 0 saturated carbocycles. The van der Waals surface area contributed by atoms with Crippen molar-refractivity contribution in [1.29, 1.82) is 0 Å². The van der Waals surface area contributed by atoms with Gasteiger partial charge in [-0.3, -0.25) is 5.32 Å². The highest BCUT2D eigenvalue weighted by atomic mass is 32.1. The molecule has 1 aromatic heterocycles. The Morgan fingerprint density at radius 3 is 2.92 bits per heavy atom. The normalized spacial score (nSPS) is 10.8. The molecule has 0 saturated heterocycles. The number of phenolic OH excluding ortho intramolecular Hbond substituents is 1. The molecule has 3 rings (SSSR count). The maximum Gasteiger partial charge on any atom is 0.325 e. The van der Waals surface area contributed by atoms with Crippen molar-refractivity contribution in [2.45, 2.75) is 6.61 Å². The van der Waals surface area contributed by atoms with Gasteiger partial charge in [-0.1, -0.05) is 17.4 Å². The van der Waals surface area contributed by atoms with Gasteiger partial charge in [0.15, 0.2) is 5.13 Å². The second-order valence-electron chi connectivity index (χ2n) is 4.96. The number of carbonyl (C=O) groups excluding carboxylic acids is 1. The lowest BCUT2D eigenvalue weighted by atomic mass is 10.2. The van der Waals surface area contributed by atoms with Crippen LogP contribution in [0.15, 0.2) is 36.4 Å². The highest BCUT2D eigenvalue weighted by Crippen LogP contribution is 2.28. The first-order valence-electron chi connectivity index (χ1n) is 7.00. The third-order valence-corrected chi connectivity index (χ3v) is 4.16. The number of thiazole rings is 1. The number of ether oxygens (including phenoxy) is 1. The van der Waals surface area contributed by atoms with Crippen LogP contribution in [0.3, 0.4) is 0 Å². The number of rotatable bonds is 4. The number of para-hydroxylation sites is 1. The summed E-state index contributed by atoms with van der Waals surface area (Å²) in [5, 5.41) is 15.0. The first-order chi connectivity index (χ1) is 11.6. The number of benzene rings is 2. The molecule has 3 N–H and O–H groups in total. The molecule has 8 heteroatoms. The van der Waals surface area contributed by atoms with Gasteiger partial charge >= 0.3 is 6.03 Å². The number of methoxy groups -OCH3 is 1. The van der Waals surface area contributed by atoms with Gasteiger partial charge in [0.25, 0.3) is 0 Å². The van der Waals surface area contributed by atoms with Crippen LogP contribution < -0.4 is 10.6 Å². The Bertz CT molecular complexity index is 897. The van der Waals surface area contributed by atoms with E-state index in [0.29, 0.717) is 21.1 Å². The smallest absolute Gasteiger partial charge is 0.325 e. The minimum absolute atomic E-state index is 0.0784. The molecule has 0 bridgehead atoms. The number of aromatic hydroxyl groups is 1. The summed E-state index contributed by atoms with van der Waals surface area (Å²) in [6.45, 7) is 0.233. The van der Waals surface area contributed by atoms with Crippen molar-refractivity contribution in [1.82, 2.24) is 4.98 Å². The summed E-state index contributed by atoms with van der Waals surface area (Å²) in [7, 11) is 1.52. The monoisotopic (exact) mass is 347 g/mol. The van der Waals surface area contributed by atoms with Gasteiger partial charge in [-0.25, -0.2) is 14.2 Å². The molecular weight excluding hydrogens is 333 g/mol. The highest BCUT2D eigenvalue weighted by molar-refractivity contribution is 7.22. The molecule has 24 heavy (non-hydrogen) atoms. The number of fused-ring (bicyclic) bond motifs is 1. The number of hydrogen-bond acceptors (Lipinski definition) is 5. The third-order valence-electron chi connectivity index (χ3n) is 3.23. The molecule has 6 nitrogen and oxygen atoms in total. The topological polar surface area (TPSA) is 83.5 Å². The summed E-state index contributed by atoms with van der Waals surface area (Å²) in [5.74, 6) is -0.354. The standard InChI is InChI=1S/C16H14FN3O3S/c1-23-8-9-7-10(21)5-6-12(9)18-15(22)20-16-19-14-11(17)3-2-4-13(14)24-16/h2-7,21H,8H2,1H3,(H2,18,19,20,22). The minimum Gasteiger partial charge on any atom is -0.508 e. The van der Waals surface area contributed by atoms with Crippen LogP contribution in [0, 0.1) is 5.82 Å². The number of carbonyl (C=O) groups is 1. The summed E-state index contributed by atoms with van der Waals surface area (Å²) in [6, 6.07) is 8.66. The van der Waals surface area contributed by atoms with E-state index in [-0.39, 0.29) is 17.9 Å². The number of halogens is 1. The van der Waals surface area contributed by atoms with Crippen LogP contribution in [-0.4, -0.2) is 23.2 Å². The van der Waals surface area contributed by atoms with E-state index in [1.165, 1.54) is 36.6 Å². The average molecular weight is 347 g/mol. The first-order valence-corrected chi connectivity index (χ1v) is 7.82. The molecule has 0 aliphatic rings. The maximum absolute atomic E-state index is 13.6. The van der Waals surface area contributed by atoms with Crippen molar-refractivity contribution >= 4 is 38.4 Å². The quantitative estimate of drug-likeness (QED) is 0.625. The van der Waals surface area contributed by atoms with Crippen LogP contribution in [0.1, 0.15) is 5.56 Å². The number of nitrogens with zero attached hydrogens (tertiary/aromatic N) is 1. The fourth-order valence-electron chi connectivity index (χ4n) is 2.20. The van der Waals surface area contributed by atoms with Gasteiger partial charge in [0.2, 0.25) is 0 Å². The number of phenols is 1. The zero-order valence-corrected chi connectivity index (χ0v) is 13.5. The Morgan fingerprint density at radius 2 is 2.17 bits per heavy atom. The van der Waals surface area contributed by atoms with Crippen molar-refractivity contribution in [3.05, 3.63) is 47.8 Å². The molecule has 0 atom stereocenters. The zero-order chi connectivity index (χ0) is 17.1. The fraction of sp³-hybridized carbons (Fsp3) is 0.125. The Balaban J connectivity index is 1.76. The number of nitrogens with one attached hydrogen (secondary N) is 2. The van der Waals surface area contributed by atoms with Crippen LogP contribution in [0.25, 0.3) is 10.2 Å². The SMILES string of the molecule is COCc1cc(O)ccc1NC(=O)Nc1nc2c(F)cccc2s1. The largest absolute Gasteiger partial charge is 0.508 e. The molecule has 3 aromatic rings. The van der Waals surface area contributed by atoms with Crippen LogP contribution in [0.4, 0.5) is 20.0 Å². The molecular formula is C16H14FN3O3S. The second-order valence-corrected chi connectivity index (χ2v) is 5.99. The molecule has 0 aliphatic heterocycles.